The topological polar surface area (TPSA) is 24.7 Å². The number of aryl methyl sites for hydroxylation is 2. The van der Waals surface area contributed by atoms with Crippen molar-refractivity contribution in [3.05, 3.63) is 84.0 Å². The maximum atomic E-state index is 5.50. The Hall–Kier alpha value is -2.74. The summed E-state index contributed by atoms with van der Waals surface area (Å²) in [5.74, 6) is 0. The Morgan fingerprint density at radius 2 is 0.474 bits per heavy atom. The number of aliphatic imine (C=N–C) groups is 2. The summed E-state index contributed by atoms with van der Waals surface area (Å²) in [6.07, 6.45) is 83.6. The molecule has 0 saturated carbocycles. The summed E-state index contributed by atoms with van der Waals surface area (Å²) in [4.78, 5) is 11.0. The van der Waals surface area contributed by atoms with Crippen molar-refractivity contribution in [2.24, 2.45) is 9.98 Å². The molecule has 2 heteroatoms. The van der Waals surface area contributed by atoms with Gasteiger partial charge in [-0.2, -0.15) is 0 Å². The summed E-state index contributed by atoms with van der Waals surface area (Å²) in [6, 6.07) is 17.8. The van der Waals surface area contributed by atoms with Gasteiger partial charge in [0.05, 0.1) is 22.8 Å². The molecule has 0 saturated heterocycles. The van der Waals surface area contributed by atoms with Crippen molar-refractivity contribution in [3.8, 4) is 0 Å². The van der Waals surface area contributed by atoms with Gasteiger partial charge < -0.3 is 0 Å². The molecule has 446 valence electrons. The first-order chi connectivity index (χ1) is 38.7. The first-order valence-corrected chi connectivity index (χ1v) is 35.3. The van der Waals surface area contributed by atoms with E-state index in [0.29, 0.717) is 0 Å². The van der Waals surface area contributed by atoms with Crippen LogP contribution in [0.15, 0.2) is 82.8 Å². The van der Waals surface area contributed by atoms with Gasteiger partial charge in [0.25, 0.3) is 0 Å². The van der Waals surface area contributed by atoms with E-state index < -0.39 is 0 Å². The zero-order valence-corrected chi connectivity index (χ0v) is 53.0. The van der Waals surface area contributed by atoms with Gasteiger partial charge in [0.1, 0.15) is 0 Å². The predicted molar refractivity (Wildman–Crippen MR) is 356 cm³/mol. The second-order valence-electron chi connectivity index (χ2n) is 24.3. The molecule has 2 rings (SSSR count). The lowest BCUT2D eigenvalue weighted by molar-refractivity contribution is 0.520. The average Bonchev–Trinajstić information content (AvgIpc) is 3.46. The third-order valence-corrected chi connectivity index (χ3v) is 16.8. The Morgan fingerprint density at radius 3 is 0.731 bits per heavy atom. The molecular formula is C76H132N2. The Labute approximate surface area is 488 Å². The number of hydrogen-bond donors (Lipinski definition) is 0. The van der Waals surface area contributed by atoms with Crippen LogP contribution in [-0.2, 0) is 12.8 Å². The van der Waals surface area contributed by atoms with E-state index in [2.05, 4.69) is 101 Å². The molecule has 0 N–H and O–H groups in total. The fraction of sp³-hybridized carbons (Fsp3) is 0.763. The molecule has 0 heterocycles. The SMILES string of the molecule is CCCCCCCCCCCCCCCCCCCCCCCC=CCCc1ccccc1N=C(CCCC)C(CCCC)=Nc1ccccc1CCC=CCCCCCCCCCCCCCCCCCCCCCCC. The minimum atomic E-state index is 0.983. The second kappa shape index (κ2) is 57.5. The van der Waals surface area contributed by atoms with Gasteiger partial charge in [0, 0.05) is 0 Å². The molecule has 0 amide bonds. The van der Waals surface area contributed by atoms with Crippen molar-refractivity contribution in [1.82, 2.24) is 0 Å². The van der Waals surface area contributed by atoms with Crippen LogP contribution in [0.2, 0.25) is 0 Å². The smallest absolute Gasteiger partial charge is 0.0665 e. The van der Waals surface area contributed by atoms with Gasteiger partial charge in [-0.05, 0) is 100 Å². The van der Waals surface area contributed by atoms with Crippen LogP contribution in [-0.4, -0.2) is 11.4 Å². The van der Waals surface area contributed by atoms with Crippen molar-refractivity contribution in [3.63, 3.8) is 0 Å². The molecule has 2 nitrogen and oxygen atoms in total. The van der Waals surface area contributed by atoms with Crippen LogP contribution < -0.4 is 0 Å². The molecule has 0 radical (unpaired) electrons. The zero-order valence-electron chi connectivity index (χ0n) is 53.0. The van der Waals surface area contributed by atoms with Crippen molar-refractivity contribution in [2.75, 3.05) is 0 Å². The van der Waals surface area contributed by atoms with Crippen LogP contribution in [0.3, 0.4) is 0 Å². The van der Waals surface area contributed by atoms with Crippen LogP contribution >= 0.6 is 0 Å². The molecule has 0 unspecified atom stereocenters. The minimum Gasteiger partial charge on any atom is -0.251 e. The summed E-state index contributed by atoms with van der Waals surface area (Å²) in [5, 5.41) is 0. The maximum Gasteiger partial charge on any atom is 0.0665 e. The summed E-state index contributed by atoms with van der Waals surface area (Å²) < 4.78 is 0. The molecule has 0 aromatic heterocycles. The summed E-state index contributed by atoms with van der Waals surface area (Å²) in [6.45, 7) is 9.22. The number of para-hydroxylation sites is 2. The molecule has 0 atom stereocenters. The number of hydrogen-bond acceptors (Lipinski definition) is 2. The minimum absolute atomic E-state index is 0.983. The lowest BCUT2D eigenvalue weighted by atomic mass is 10.0. The second-order valence-corrected chi connectivity index (χ2v) is 24.3. The average molecular weight is 1070 g/mol. The van der Waals surface area contributed by atoms with Crippen LogP contribution in [0.4, 0.5) is 11.4 Å². The number of allylic oxidation sites excluding steroid dienone is 4. The fourth-order valence-corrected chi connectivity index (χ4v) is 11.5. The largest absolute Gasteiger partial charge is 0.251 e. The molecule has 0 aliphatic rings. The number of benzene rings is 2. The molecule has 0 spiro atoms. The molecular weight excluding hydrogens is 941 g/mol. The highest BCUT2D eigenvalue weighted by Gasteiger charge is 2.13. The van der Waals surface area contributed by atoms with Crippen LogP contribution in [0, 0.1) is 0 Å². The van der Waals surface area contributed by atoms with E-state index in [1.54, 1.807) is 0 Å². The monoisotopic (exact) mass is 1070 g/mol. The van der Waals surface area contributed by atoms with E-state index in [1.165, 1.54) is 305 Å². The summed E-state index contributed by atoms with van der Waals surface area (Å²) >= 11 is 0. The van der Waals surface area contributed by atoms with Crippen LogP contribution in [0.1, 0.15) is 373 Å². The van der Waals surface area contributed by atoms with Gasteiger partial charge in [-0.3, -0.25) is 9.98 Å². The standard InChI is InChI=1S/C76H132N2/c1-5-9-13-15-17-19-21-23-25-27-29-31-33-35-37-39-41-43-45-47-49-51-53-55-57-63-71-65-59-61-69-73(71)77-75(67-11-7-3)76(68-12-8-4)78-74-70-62-60-66-72(74)64-58-56-54-52-50-48-46-44-42-40-38-36-34-32-30-28-26-24-22-20-18-16-14-10-6-2/h53-56,59-62,65-66,69-70H,5-52,57-58,63-64,67-68H2,1-4H3. The highest BCUT2D eigenvalue weighted by atomic mass is 14.8. The van der Waals surface area contributed by atoms with Gasteiger partial charge in [-0.25, -0.2) is 0 Å². The van der Waals surface area contributed by atoms with Crippen LogP contribution in [0.25, 0.3) is 0 Å². The van der Waals surface area contributed by atoms with Crippen molar-refractivity contribution >= 4 is 22.8 Å². The van der Waals surface area contributed by atoms with Crippen LogP contribution in [0.5, 0.6) is 0 Å². The van der Waals surface area contributed by atoms with Gasteiger partial charge in [-0.15, -0.1) is 0 Å². The normalized spacial score (nSPS) is 12.4. The van der Waals surface area contributed by atoms with Gasteiger partial charge in [-0.1, -0.05) is 358 Å². The lowest BCUT2D eigenvalue weighted by Crippen LogP contribution is -2.14. The fourth-order valence-electron chi connectivity index (χ4n) is 11.5. The van der Waals surface area contributed by atoms with E-state index in [9.17, 15) is 0 Å². The van der Waals surface area contributed by atoms with Gasteiger partial charge in [0.2, 0.25) is 0 Å². The van der Waals surface area contributed by atoms with Crippen molar-refractivity contribution in [1.29, 1.82) is 0 Å². The van der Waals surface area contributed by atoms with Gasteiger partial charge in [0.15, 0.2) is 0 Å². The quantitative estimate of drug-likeness (QED) is 0.0358. The first-order valence-electron chi connectivity index (χ1n) is 35.3. The molecule has 0 bridgehead atoms. The number of unbranched alkanes of at least 4 members (excludes halogenated alkanes) is 44. The van der Waals surface area contributed by atoms with Gasteiger partial charge >= 0.3 is 0 Å². The summed E-state index contributed by atoms with van der Waals surface area (Å²) in [5.41, 5.74) is 7.39. The Morgan fingerprint density at radius 1 is 0.256 bits per heavy atom. The van der Waals surface area contributed by atoms with Crippen molar-refractivity contribution in [2.45, 2.75) is 374 Å². The molecule has 0 fully saturated rings. The summed E-state index contributed by atoms with van der Waals surface area (Å²) in [7, 11) is 0. The predicted octanol–water partition coefficient (Wildman–Crippen LogP) is 27.1. The molecule has 0 aliphatic heterocycles. The first kappa shape index (κ1) is 71.4. The molecule has 2 aromatic carbocycles. The van der Waals surface area contributed by atoms with E-state index in [-0.39, 0.29) is 0 Å². The molecule has 0 aliphatic carbocycles. The van der Waals surface area contributed by atoms with E-state index in [0.717, 1.165) is 75.6 Å². The third kappa shape index (κ3) is 44.0. The maximum absolute atomic E-state index is 5.50. The zero-order chi connectivity index (χ0) is 55.5. The Balaban J connectivity index is 1.66. The number of rotatable bonds is 59. The highest BCUT2D eigenvalue weighted by Crippen LogP contribution is 2.27. The third-order valence-electron chi connectivity index (χ3n) is 16.8. The molecule has 78 heavy (non-hydrogen) atoms. The van der Waals surface area contributed by atoms with E-state index in [1.807, 2.05) is 0 Å². The lowest BCUT2D eigenvalue weighted by Gasteiger charge is -2.14. The van der Waals surface area contributed by atoms with E-state index >= 15 is 0 Å². The molecule has 2 aromatic rings. The van der Waals surface area contributed by atoms with E-state index in [4.69, 9.17) is 9.98 Å². The Kier molecular flexibility index (Phi) is 52.6. The number of nitrogens with zero attached hydrogens (tertiary/aromatic N) is 2. The Bertz CT molecular complexity index is 1550. The van der Waals surface area contributed by atoms with Crippen molar-refractivity contribution < 1.29 is 0 Å². The highest BCUT2D eigenvalue weighted by molar-refractivity contribution is 6.43.